The maximum absolute atomic E-state index is 11.7. The van der Waals surface area contributed by atoms with Gasteiger partial charge in [0.2, 0.25) is 5.95 Å². The van der Waals surface area contributed by atoms with Crippen molar-refractivity contribution in [2.24, 2.45) is 11.8 Å². The van der Waals surface area contributed by atoms with Crippen molar-refractivity contribution in [3.05, 3.63) is 40.1 Å². The van der Waals surface area contributed by atoms with Crippen molar-refractivity contribution in [2.45, 2.75) is 52.1 Å². The average molecular weight is 524 g/mol. The molecule has 1 aliphatic heterocycles. The van der Waals surface area contributed by atoms with Gasteiger partial charge in [0.1, 0.15) is 5.69 Å². The highest BCUT2D eigenvalue weighted by molar-refractivity contribution is 6.30. The molecule has 6 rings (SSSR count). The maximum Gasteiger partial charge on any atom is 0.434 e. The third-order valence-electron chi connectivity index (χ3n) is 7.54. The van der Waals surface area contributed by atoms with Crippen LogP contribution in [0.25, 0.3) is 33.9 Å². The van der Waals surface area contributed by atoms with Crippen LogP contribution < -0.4 is 10.7 Å². The van der Waals surface area contributed by atoms with Crippen LogP contribution in [0, 0.1) is 11.8 Å². The lowest BCUT2D eigenvalue weighted by atomic mass is 9.83. The first-order valence-corrected chi connectivity index (χ1v) is 13.3. The van der Waals surface area contributed by atoms with Crippen LogP contribution in [0.5, 0.6) is 0 Å². The molecule has 0 bridgehead atoms. The number of ether oxygens (including phenoxy) is 1. The van der Waals surface area contributed by atoms with Gasteiger partial charge in [-0.2, -0.15) is 0 Å². The summed E-state index contributed by atoms with van der Waals surface area (Å²) >= 11 is 6.35. The molecule has 1 saturated heterocycles. The van der Waals surface area contributed by atoms with Gasteiger partial charge >= 0.3 is 5.76 Å². The van der Waals surface area contributed by atoms with Crippen molar-refractivity contribution >= 4 is 28.6 Å². The Morgan fingerprint density at radius 2 is 1.97 bits per heavy atom. The number of fused-ring (bicyclic) bond motifs is 1. The van der Waals surface area contributed by atoms with E-state index in [0.29, 0.717) is 35.5 Å². The number of nitrogens with one attached hydrogen (secondary N) is 1. The van der Waals surface area contributed by atoms with Crippen LogP contribution in [0.2, 0.25) is 5.02 Å². The minimum Gasteiger partial charge on any atom is -0.386 e. The zero-order valence-corrected chi connectivity index (χ0v) is 21.7. The number of morpholine rings is 1. The van der Waals surface area contributed by atoms with E-state index in [1.54, 1.807) is 12.4 Å². The Bertz CT molecular complexity index is 1470. The molecule has 0 spiro atoms. The minimum absolute atomic E-state index is 0.111. The molecule has 4 aromatic heterocycles. The second kappa shape index (κ2) is 9.90. The fraction of sp³-hybridized carbons (Fsp3) is 0.500. The highest BCUT2D eigenvalue weighted by Crippen LogP contribution is 2.37. The van der Waals surface area contributed by atoms with Gasteiger partial charge in [-0.1, -0.05) is 31.4 Å². The lowest BCUT2D eigenvalue weighted by molar-refractivity contribution is 0.0976. The monoisotopic (exact) mass is 523 g/mol. The largest absolute Gasteiger partial charge is 0.434 e. The normalized spacial score (nSPS) is 22.6. The number of pyridine rings is 2. The average Bonchev–Trinajstić information content (AvgIpc) is 3.49. The summed E-state index contributed by atoms with van der Waals surface area (Å²) in [5.74, 6) is 1.71. The van der Waals surface area contributed by atoms with Gasteiger partial charge in [-0.15, -0.1) is 5.10 Å². The number of hydrogen-bond acceptors (Lipinski definition) is 8. The standard InChI is InChI=1S/C26H30ClN7O3/c1-15-3-5-17(6-4-15)13-34-23-20(30-25(34)33-7-8-36-14-16(33)2)10-21(24-31-32-26(35)37-24)29-22(23)18-9-19(27)12-28-11-18/h9-12,15-17H,3-8,13-14H2,1-2H3,(H,32,35)/t15?,16-,17?/m1/s1. The molecule has 0 unspecified atom stereocenters. The van der Waals surface area contributed by atoms with Gasteiger partial charge in [0, 0.05) is 31.0 Å². The van der Waals surface area contributed by atoms with E-state index < -0.39 is 5.76 Å². The molecular formula is C26H30ClN7O3. The number of nitrogens with zero attached hydrogens (tertiary/aromatic N) is 6. The highest BCUT2D eigenvalue weighted by Gasteiger charge is 2.29. The number of hydrogen-bond donors (Lipinski definition) is 1. The molecule has 0 amide bonds. The number of halogens is 1. The first-order valence-electron chi connectivity index (χ1n) is 12.9. The van der Waals surface area contributed by atoms with Crippen molar-refractivity contribution in [1.82, 2.24) is 29.7 Å². The van der Waals surface area contributed by atoms with Gasteiger partial charge < -0.3 is 18.6 Å². The lowest BCUT2D eigenvalue weighted by Gasteiger charge is -2.35. The first-order chi connectivity index (χ1) is 18.0. The number of rotatable bonds is 5. The van der Waals surface area contributed by atoms with E-state index in [0.717, 1.165) is 41.6 Å². The lowest BCUT2D eigenvalue weighted by Crippen LogP contribution is -2.45. The van der Waals surface area contributed by atoms with Crippen LogP contribution >= 0.6 is 11.6 Å². The number of anilines is 1. The van der Waals surface area contributed by atoms with Gasteiger partial charge in [-0.05, 0) is 43.7 Å². The Morgan fingerprint density at radius 1 is 1.14 bits per heavy atom. The Hall–Kier alpha value is -3.24. The van der Waals surface area contributed by atoms with Crippen molar-refractivity contribution in [3.8, 4) is 22.8 Å². The van der Waals surface area contributed by atoms with Crippen molar-refractivity contribution < 1.29 is 9.15 Å². The van der Waals surface area contributed by atoms with E-state index in [4.69, 9.17) is 30.7 Å². The number of imidazole rings is 1. The van der Waals surface area contributed by atoms with Crippen molar-refractivity contribution in [2.75, 3.05) is 24.7 Å². The summed E-state index contributed by atoms with van der Waals surface area (Å²) in [5, 5.41) is 6.84. The van der Waals surface area contributed by atoms with E-state index in [1.807, 2.05) is 12.1 Å². The highest BCUT2D eigenvalue weighted by atomic mass is 35.5. The van der Waals surface area contributed by atoms with Crippen LogP contribution in [0.1, 0.15) is 39.5 Å². The number of aromatic nitrogens is 6. The molecule has 194 valence electrons. The van der Waals surface area contributed by atoms with Crippen LogP contribution in [0.3, 0.4) is 0 Å². The third-order valence-corrected chi connectivity index (χ3v) is 7.75. The van der Waals surface area contributed by atoms with E-state index in [1.165, 1.54) is 25.7 Å². The topological polar surface area (TPSA) is 115 Å². The SMILES string of the molecule is CC1CCC(Cn2c(N3CCOC[C@H]3C)nc3cc(-c4n[nH]c(=O)o4)nc(-c4cncc(Cl)c4)c32)CC1. The zero-order chi connectivity index (χ0) is 25.5. The molecule has 0 aromatic carbocycles. The maximum atomic E-state index is 11.7. The second-order valence-corrected chi connectivity index (χ2v) is 10.7. The van der Waals surface area contributed by atoms with Gasteiger partial charge in [0.15, 0.2) is 0 Å². The van der Waals surface area contributed by atoms with Gasteiger partial charge in [-0.3, -0.25) is 4.98 Å². The fourth-order valence-electron chi connectivity index (χ4n) is 5.52. The van der Waals surface area contributed by atoms with Crippen molar-refractivity contribution in [1.29, 1.82) is 0 Å². The Kier molecular flexibility index (Phi) is 6.46. The predicted molar refractivity (Wildman–Crippen MR) is 141 cm³/mol. The minimum atomic E-state index is -0.636. The first kappa shape index (κ1) is 24.1. The van der Waals surface area contributed by atoms with E-state index >= 15 is 0 Å². The summed E-state index contributed by atoms with van der Waals surface area (Å²) in [6, 6.07) is 3.87. The smallest absolute Gasteiger partial charge is 0.386 e. The Morgan fingerprint density at radius 3 is 2.70 bits per heavy atom. The molecule has 11 heteroatoms. The van der Waals surface area contributed by atoms with Crippen molar-refractivity contribution in [3.63, 3.8) is 0 Å². The van der Waals surface area contributed by atoms with Crippen LogP contribution in [0.4, 0.5) is 5.95 Å². The quantitative estimate of drug-likeness (QED) is 0.405. The number of aromatic amines is 1. The molecule has 4 aromatic rings. The molecule has 1 saturated carbocycles. The fourth-order valence-corrected chi connectivity index (χ4v) is 5.70. The molecule has 1 aliphatic carbocycles. The summed E-state index contributed by atoms with van der Waals surface area (Å²) in [6.07, 6.45) is 8.21. The van der Waals surface area contributed by atoms with E-state index in [9.17, 15) is 4.79 Å². The van der Waals surface area contributed by atoms with Crippen LogP contribution in [0.15, 0.2) is 33.7 Å². The Labute approximate surface area is 219 Å². The third kappa shape index (κ3) is 4.75. The molecule has 0 radical (unpaired) electrons. The van der Waals surface area contributed by atoms with Crippen LogP contribution in [-0.2, 0) is 11.3 Å². The van der Waals surface area contributed by atoms with Gasteiger partial charge in [0.25, 0.3) is 5.89 Å². The second-order valence-electron chi connectivity index (χ2n) is 10.3. The summed E-state index contributed by atoms with van der Waals surface area (Å²) in [6.45, 7) is 7.41. The summed E-state index contributed by atoms with van der Waals surface area (Å²) < 4.78 is 13.3. The molecule has 1 N–H and O–H groups in total. The molecule has 2 fully saturated rings. The van der Waals surface area contributed by atoms with Gasteiger partial charge in [0.05, 0.1) is 41.0 Å². The summed E-state index contributed by atoms with van der Waals surface area (Å²) in [4.78, 5) is 28.4. The van der Waals surface area contributed by atoms with E-state index in [2.05, 4.69) is 38.5 Å². The van der Waals surface area contributed by atoms with Crippen LogP contribution in [-0.4, -0.2) is 55.5 Å². The zero-order valence-electron chi connectivity index (χ0n) is 21.0. The predicted octanol–water partition coefficient (Wildman–Crippen LogP) is 4.54. The van der Waals surface area contributed by atoms with E-state index in [-0.39, 0.29) is 11.9 Å². The molecular weight excluding hydrogens is 494 g/mol. The molecule has 1 atom stereocenters. The van der Waals surface area contributed by atoms with Gasteiger partial charge in [-0.25, -0.2) is 19.9 Å². The molecule has 5 heterocycles. The molecule has 2 aliphatic rings. The summed E-state index contributed by atoms with van der Waals surface area (Å²) in [7, 11) is 0. The number of H-pyrrole nitrogens is 1. The molecule has 37 heavy (non-hydrogen) atoms. The summed E-state index contributed by atoms with van der Waals surface area (Å²) in [5.41, 5.74) is 3.52. The Balaban J connectivity index is 1.58. The molecule has 10 nitrogen and oxygen atoms in total.